The van der Waals surface area contributed by atoms with E-state index in [0.29, 0.717) is 0 Å². The fourth-order valence-corrected chi connectivity index (χ4v) is 2.17. The lowest BCUT2D eigenvalue weighted by molar-refractivity contribution is 0.210. The van der Waals surface area contributed by atoms with Crippen LogP contribution in [-0.2, 0) is 0 Å². The Morgan fingerprint density at radius 1 is 1.12 bits per heavy atom. The standard InChI is InChI=1S/C15H15NO/c1-11-5-4-6-12(9-11)15-10-16-13-7-2-3-8-14(13)17-15/h2-9,15-16H,10H2,1H3. The van der Waals surface area contributed by atoms with E-state index in [1.54, 1.807) is 0 Å². The van der Waals surface area contributed by atoms with Gasteiger partial charge in [0, 0.05) is 0 Å². The molecule has 17 heavy (non-hydrogen) atoms. The van der Waals surface area contributed by atoms with Crippen molar-refractivity contribution in [2.45, 2.75) is 13.0 Å². The van der Waals surface area contributed by atoms with Crippen LogP contribution in [0, 0.1) is 6.92 Å². The van der Waals surface area contributed by atoms with E-state index in [4.69, 9.17) is 4.74 Å². The number of para-hydroxylation sites is 2. The second-order valence-electron chi connectivity index (χ2n) is 4.40. The van der Waals surface area contributed by atoms with E-state index in [2.05, 4.69) is 36.5 Å². The maximum atomic E-state index is 6.01. The van der Waals surface area contributed by atoms with Crippen LogP contribution in [0.4, 0.5) is 5.69 Å². The second-order valence-corrected chi connectivity index (χ2v) is 4.40. The molecule has 0 saturated carbocycles. The molecule has 2 nitrogen and oxygen atoms in total. The molecule has 0 aliphatic carbocycles. The van der Waals surface area contributed by atoms with E-state index in [0.717, 1.165) is 18.0 Å². The van der Waals surface area contributed by atoms with Crippen LogP contribution in [-0.4, -0.2) is 6.54 Å². The first kappa shape index (κ1) is 10.2. The summed E-state index contributed by atoms with van der Waals surface area (Å²) in [6.45, 7) is 2.92. The topological polar surface area (TPSA) is 21.3 Å². The minimum atomic E-state index is 0.102. The van der Waals surface area contributed by atoms with E-state index in [-0.39, 0.29) is 6.10 Å². The molecule has 1 aliphatic heterocycles. The van der Waals surface area contributed by atoms with Gasteiger partial charge in [-0.2, -0.15) is 0 Å². The van der Waals surface area contributed by atoms with Crippen molar-refractivity contribution in [2.24, 2.45) is 0 Å². The Hall–Kier alpha value is -1.96. The highest BCUT2D eigenvalue weighted by Crippen LogP contribution is 2.33. The molecular weight excluding hydrogens is 210 g/mol. The number of rotatable bonds is 1. The quantitative estimate of drug-likeness (QED) is 0.801. The van der Waals surface area contributed by atoms with Crippen molar-refractivity contribution in [1.82, 2.24) is 0 Å². The summed E-state index contributed by atoms with van der Waals surface area (Å²) in [6, 6.07) is 16.5. The van der Waals surface area contributed by atoms with E-state index < -0.39 is 0 Å². The summed E-state index contributed by atoms with van der Waals surface area (Å²) in [5.74, 6) is 0.935. The summed E-state index contributed by atoms with van der Waals surface area (Å²) in [5.41, 5.74) is 3.58. The molecule has 2 aromatic rings. The van der Waals surface area contributed by atoms with Gasteiger partial charge in [-0.3, -0.25) is 0 Å². The van der Waals surface area contributed by atoms with Gasteiger partial charge in [0.25, 0.3) is 0 Å². The minimum Gasteiger partial charge on any atom is -0.482 e. The van der Waals surface area contributed by atoms with Gasteiger partial charge in [0.05, 0.1) is 12.2 Å². The molecule has 2 heteroatoms. The number of benzene rings is 2. The molecular formula is C15H15NO. The van der Waals surface area contributed by atoms with Gasteiger partial charge in [-0.25, -0.2) is 0 Å². The van der Waals surface area contributed by atoms with E-state index >= 15 is 0 Å². The average Bonchev–Trinajstić information content (AvgIpc) is 2.38. The van der Waals surface area contributed by atoms with E-state index in [1.807, 2.05) is 24.3 Å². The lowest BCUT2D eigenvalue weighted by Gasteiger charge is -2.27. The third-order valence-corrected chi connectivity index (χ3v) is 3.05. The molecule has 1 N–H and O–H groups in total. The Morgan fingerprint density at radius 3 is 2.88 bits per heavy atom. The molecule has 0 amide bonds. The molecule has 86 valence electrons. The van der Waals surface area contributed by atoms with Crippen LogP contribution < -0.4 is 10.1 Å². The predicted octanol–water partition coefficient (Wildman–Crippen LogP) is 3.54. The van der Waals surface area contributed by atoms with Crippen LogP contribution in [0.5, 0.6) is 5.75 Å². The van der Waals surface area contributed by atoms with Crippen LogP contribution in [0.2, 0.25) is 0 Å². The zero-order valence-corrected chi connectivity index (χ0v) is 9.81. The van der Waals surface area contributed by atoms with Crippen molar-refractivity contribution in [3.05, 3.63) is 59.7 Å². The summed E-state index contributed by atoms with van der Waals surface area (Å²) in [7, 11) is 0. The Labute approximate surface area is 101 Å². The fraction of sp³-hybridized carbons (Fsp3) is 0.200. The smallest absolute Gasteiger partial charge is 0.143 e. The van der Waals surface area contributed by atoms with Gasteiger partial charge in [-0.05, 0) is 24.6 Å². The normalized spacial score (nSPS) is 17.8. The summed E-state index contributed by atoms with van der Waals surface area (Å²) in [6.07, 6.45) is 0.102. The van der Waals surface area contributed by atoms with Crippen LogP contribution in [0.3, 0.4) is 0 Å². The number of anilines is 1. The van der Waals surface area contributed by atoms with Crippen molar-refractivity contribution >= 4 is 5.69 Å². The third-order valence-electron chi connectivity index (χ3n) is 3.05. The number of ether oxygens (including phenoxy) is 1. The first-order valence-electron chi connectivity index (χ1n) is 5.89. The Balaban J connectivity index is 1.89. The molecule has 2 aromatic carbocycles. The SMILES string of the molecule is Cc1cccc(C2CNc3ccccc3O2)c1. The first-order valence-corrected chi connectivity index (χ1v) is 5.89. The second kappa shape index (κ2) is 4.13. The summed E-state index contributed by atoms with van der Waals surface area (Å²) >= 11 is 0. The molecule has 1 unspecified atom stereocenters. The van der Waals surface area contributed by atoms with Crippen molar-refractivity contribution in [2.75, 3.05) is 11.9 Å². The first-order chi connectivity index (χ1) is 8.33. The maximum absolute atomic E-state index is 6.01. The summed E-state index contributed by atoms with van der Waals surface area (Å²) < 4.78 is 6.01. The Morgan fingerprint density at radius 2 is 2.00 bits per heavy atom. The molecule has 0 fully saturated rings. The van der Waals surface area contributed by atoms with Gasteiger partial charge in [-0.15, -0.1) is 0 Å². The lowest BCUT2D eigenvalue weighted by atomic mass is 10.1. The molecule has 0 saturated heterocycles. The molecule has 1 atom stereocenters. The highest BCUT2D eigenvalue weighted by Gasteiger charge is 2.20. The van der Waals surface area contributed by atoms with Crippen molar-refractivity contribution in [3.63, 3.8) is 0 Å². The number of hydrogen-bond donors (Lipinski definition) is 1. The molecule has 0 bridgehead atoms. The number of hydrogen-bond acceptors (Lipinski definition) is 2. The molecule has 0 aromatic heterocycles. The zero-order chi connectivity index (χ0) is 11.7. The molecule has 3 rings (SSSR count). The van der Waals surface area contributed by atoms with Crippen LogP contribution in [0.15, 0.2) is 48.5 Å². The third kappa shape index (κ3) is 1.98. The predicted molar refractivity (Wildman–Crippen MR) is 69.5 cm³/mol. The Bertz CT molecular complexity index is 536. The van der Waals surface area contributed by atoms with Gasteiger partial charge in [0.15, 0.2) is 0 Å². The van der Waals surface area contributed by atoms with Crippen molar-refractivity contribution in [3.8, 4) is 5.75 Å². The van der Waals surface area contributed by atoms with Crippen molar-refractivity contribution < 1.29 is 4.74 Å². The largest absolute Gasteiger partial charge is 0.482 e. The minimum absolute atomic E-state index is 0.102. The lowest BCUT2D eigenvalue weighted by Crippen LogP contribution is -2.23. The van der Waals surface area contributed by atoms with Gasteiger partial charge in [0.1, 0.15) is 11.9 Å². The van der Waals surface area contributed by atoms with Crippen LogP contribution >= 0.6 is 0 Å². The Kier molecular flexibility index (Phi) is 2.48. The van der Waals surface area contributed by atoms with Gasteiger partial charge >= 0.3 is 0 Å². The monoisotopic (exact) mass is 225 g/mol. The highest BCUT2D eigenvalue weighted by atomic mass is 16.5. The van der Waals surface area contributed by atoms with E-state index in [9.17, 15) is 0 Å². The average molecular weight is 225 g/mol. The number of aryl methyl sites for hydroxylation is 1. The highest BCUT2D eigenvalue weighted by molar-refractivity contribution is 5.58. The zero-order valence-electron chi connectivity index (χ0n) is 9.81. The summed E-state index contributed by atoms with van der Waals surface area (Å²) in [5, 5.41) is 3.41. The van der Waals surface area contributed by atoms with Crippen LogP contribution in [0.25, 0.3) is 0 Å². The van der Waals surface area contributed by atoms with Crippen molar-refractivity contribution in [1.29, 1.82) is 0 Å². The van der Waals surface area contributed by atoms with E-state index in [1.165, 1.54) is 11.1 Å². The van der Waals surface area contributed by atoms with Gasteiger partial charge < -0.3 is 10.1 Å². The molecule has 0 spiro atoms. The van der Waals surface area contributed by atoms with Crippen LogP contribution in [0.1, 0.15) is 17.2 Å². The molecule has 1 heterocycles. The molecule has 0 radical (unpaired) electrons. The fourth-order valence-electron chi connectivity index (χ4n) is 2.17. The maximum Gasteiger partial charge on any atom is 0.143 e. The molecule has 1 aliphatic rings. The number of fused-ring (bicyclic) bond motifs is 1. The summed E-state index contributed by atoms with van der Waals surface area (Å²) in [4.78, 5) is 0. The van der Waals surface area contributed by atoms with Gasteiger partial charge in [-0.1, -0.05) is 42.0 Å². The number of nitrogens with one attached hydrogen (secondary N) is 1. The van der Waals surface area contributed by atoms with Gasteiger partial charge in [0.2, 0.25) is 0 Å².